The number of benzene rings is 2. The molecule has 0 aliphatic heterocycles. The Balaban J connectivity index is 1.40. The maximum atomic E-state index is 13.1. The van der Waals surface area contributed by atoms with Crippen molar-refractivity contribution in [2.24, 2.45) is 0 Å². The molecule has 4 rings (SSSR count). The molecule has 8 heteroatoms. The number of para-hydroxylation sites is 1. The highest BCUT2D eigenvalue weighted by atomic mass is 32.2. The Hall–Kier alpha value is -3.78. The Labute approximate surface area is 212 Å². The van der Waals surface area contributed by atoms with Gasteiger partial charge >= 0.3 is 5.97 Å². The Morgan fingerprint density at radius 3 is 2.50 bits per heavy atom. The van der Waals surface area contributed by atoms with E-state index in [1.165, 1.54) is 29.9 Å². The number of anilines is 1. The van der Waals surface area contributed by atoms with Crippen LogP contribution in [0.5, 0.6) is 0 Å². The molecule has 0 aliphatic carbocycles. The van der Waals surface area contributed by atoms with Crippen molar-refractivity contribution in [3.05, 3.63) is 90.4 Å². The molecule has 0 saturated heterocycles. The first-order chi connectivity index (χ1) is 17.0. The molecule has 0 unspecified atom stereocenters. The molecule has 0 atom stereocenters. The van der Waals surface area contributed by atoms with Gasteiger partial charge in [-0.2, -0.15) is 0 Å². The average molecular weight is 506 g/mol. The lowest BCUT2D eigenvalue weighted by molar-refractivity contribution is -0.148. The summed E-state index contributed by atoms with van der Waals surface area (Å²) < 4.78 is 32.5. The zero-order valence-electron chi connectivity index (χ0n) is 20.9. The summed E-state index contributed by atoms with van der Waals surface area (Å²) >= 11 is 0. The van der Waals surface area contributed by atoms with Crippen molar-refractivity contribution >= 4 is 38.7 Å². The van der Waals surface area contributed by atoms with Gasteiger partial charge in [0.15, 0.2) is 0 Å². The number of fused-ring (bicyclic) bond motifs is 1. The predicted octanol–water partition coefficient (Wildman–Crippen LogP) is 5.24. The molecule has 0 amide bonds. The molecular weight excluding hydrogens is 474 g/mol. The lowest BCUT2D eigenvalue weighted by atomic mass is 10.2. The molecule has 0 spiro atoms. The van der Waals surface area contributed by atoms with E-state index in [1.54, 1.807) is 39.0 Å². The number of rotatable bonds is 8. The quantitative estimate of drug-likeness (QED) is 0.262. The number of esters is 1. The van der Waals surface area contributed by atoms with E-state index < -0.39 is 21.6 Å². The Morgan fingerprint density at radius 1 is 1.08 bits per heavy atom. The summed E-state index contributed by atoms with van der Waals surface area (Å²) in [6.45, 7) is 6.14. The van der Waals surface area contributed by atoms with Crippen LogP contribution in [-0.4, -0.2) is 42.5 Å². The number of carbonyl (C=O) groups is 1. The van der Waals surface area contributed by atoms with Crippen molar-refractivity contribution < 1.29 is 17.9 Å². The average Bonchev–Trinajstić information content (AvgIpc) is 3.47. The minimum atomic E-state index is -3.75. The van der Waals surface area contributed by atoms with Crippen LogP contribution in [0.25, 0.3) is 17.0 Å². The van der Waals surface area contributed by atoms with Crippen LogP contribution in [0.1, 0.15) is 32.0 Å². The van der Waals surface area contributed by atoms with Gasteiger partial charge in [0.05, 0.1) is 4.90 Å². The highest BCUT2D eigenvalue weighted by Crippen LogP contribution is 2.21. The zero-order chi connectivity index (χ0) is 25.9. The van der Waals surface area contributed by atoms with Gasteiger partial charge in [-0.05, 0) is 80.3 Å². The fraction of sp³-hybridized carbons (Fsp3) is 0.250. The SMILES string of the molecule is CN(CCc1cc2ccccc2[nH]1)c1ccc(S(=O)(=O)n2ccc(/C=C/C(=O)OC(C)(C)C)c2)cc1. The molecule has 2 aromatic carbocycles. The van der Waals surface area contributed by atoms with Crippen LogP contribution in [0.4, 0.5) is 5.69 Å². The molecule has 188 valence electrons. The number of nitrogens with zero attached hydrogens (tertiary/aromatic N) is 2. The summed E-state index contributed by atoms with van der Waals surface area (Å²) in [5, 5.41) is 1.19. The number of carbonyl (C=O) groups excluding carboxylic acids is 1. The summed E-state index contributed by atoms with van der Waals surface area (Å²) in [5.74, 6) is -0.484. The number of H-pyrrole nitrogens is 1. The van der Waals surface area contributed by atoms with E-state index in [-0.39, 0.29) is 4.90 Å². The molecule has 0 saturated carbocycles. The zero-order valence-corrected chi connectivity index (χ0v) is 21.7. The molecule has 36 heavy (non-hydrogen) atoms. The van der Waals surface area contributed by atoms with Crippen LogP contribution in [0.3, 0.4) is 0 Å². The van der Waals surface area contributed by atoms with Gasteiger partial charge in [-0.3, -0.25) is 0 Å². The number of ether oxygens (including phenoxy) is 1. The highest BCUT2D eigenvalue weighted by molar-refractivity contribution is 7.90. The number of hydrogen-bond acceptors (Lipinski definition) is 5. The van der Waals surface area contributed by atoms with Gasteiger partial charge in [-0.25, -0.2) is 17.2 Å². The minimum absolute atomic E-state index is 0.188. The van der Waals surface area contributed by atoms with E-state index in [1.807, 2.05) is 31.3 Å². The molecule has 0 bridgehead atoms. The number of likely N-dealkylation sites (N-methyl/N-ethyl adjacent to an activating group) is 1. The largest absolute Gasteiger partial charge is 0.457 e. The van der Waals surface area contributed by atoms with Gasteiger partial charge in [0.2, 0.25) is 0 Å². The monoisotopic (exact) mass is 505 g/mol. The molecule has 0 fully saturated rings. The van der Waals surface area contributed by atoms with Gasteiger partial charge in [-0.1, -0.05) is 18.2 Å². The maximum absolute atomic E-state index is 13.1. The topological polar surface area (TPSA) is 84.4 Å². The van der Waals surface area contributed by atoms with Crippen LogP contribution in [0.15, 0.2) is 84.0 Å². The van der Waals surface area contributed by atoms with Crippen molar-refractivity contribution in [1.29, 1.82) is 0 Å². The predicted molar refractivity (Wildman–Crippen MR) is 144 cm³/mol. The van der Waals surface area contributed by atoms with Crippen LogP contribution >= 0.6 is 0 Å². The lowest BCUT2D eigenvalue weighted by Gasteiger charge is -2.19. The lowest BCUT2D eigenvalue weighted by Crippen LogP contribution is -2.22. The van der Waals surface area contributed by atoms with Crippen LogP contribution in [0, 0.1) is 0 Å². The second-order valence-electron chi connectivity index (χ2n) is 9.69. The highest BCUT2D eigenvalue weighted by Gasteiger charge is 2.17. The number of hydrogen-bond donors (Lipinski definition) is 1. The van der Waals surface area contributed by atoms with Gasteiger partial charge in [0, 0.05) is 55.4 Å². The fourth-order valence-electron chi connectivity index (χ4n) is 3.82. The molecule has 4 aromatic rings. The first-order valence-electron chi connectivity index (χ1n) is 11.7. The van der Waals surface area contributed by atoms with Gasteiger partial charge in [0.1, 0.15) is 5.60 Å². The van der Waals surface area contributed by atoms with E-state index in [0.29, 0.717) is 5.56 Å². The van der Waals surface area contributed by atoms with Crippen molar-refractivity contribution in [2.75, 3.05) is 18.5 Å². The third-order valence-corrected chi connectivity index (χ3v) is 7.31. The minimum Gasteiger partial charge on any atom is -0.457 e. The molecule has 0 radical (unpaired) electrons. The number of nitrogens with one attached hydrogen (secondary N) is 1. The summed E-state index contributed by atoms with van der Waals surface area (Å²) in [6.07, 6.45) is 6.60. The van der Waals surface area contributed by atoms with E-state index in [2.05, 4.69) is 28.1 Å². The van der Waals surface area contributed by atoms with E-state index in [0.717, 1.165) is 33.8 Å². The third-order valence-electron chi connectivity index (χ3n) is 5.66. The van der Waals surface area contributed by atoms with Crippen LogP contribution in [0.2, 0.25) is 0 Å². The fourth-order valence-corrected chi connectivity index (χ4v) is 5.03. The first-order valence-corrected chi connectivity index (χ1v) is 13.2. The van der Waals surface area contributed by atoms with Crippen molar-refractivity contribution in [2.45, 2.75) is 37.7 Å². The first kappa shape index (κ1) is 25.3. The Bertz CT molecular complexity index is 1460. The van der Waals surface area contributed by atoms with Crippen molar-refractivity contribution in [3.8, 4) is 0 Å². The summed E-state index contributed by atoms with van der Waals surface area (Å²) in [7, 11) is -1.77. The molecule has 1 N–H and O–H groups in total. The van der Waals surface area contributed by atoms with Crippen LogP contribution in [-0.2, 0) is 26.0 Å². The summed E-state index contributed by atoms with van der Waals surface area (Å²) in [6, 6.07) is 18.8. The maximum Gasteiger partial charge on any atom is 0.331 e. The standard InChI is InChI=1S/C28H31N3O4S/c1-28(2,3)35-27(32)14-9-21-15-18-31(20-21)36(33,34)25-12-10-24(11-13-25)30(4)17-16-23-19-22-7-5-6-8-26(22)29-23/h5-15,18-20,29H,16-17H2,1-4H3/b14-9+. The second kappa shape index (κ2) is 10.1. The van der Waals surface area contributed by atoms with E-state index in [4.69, 9.17) is 4.74 Å². The molecule has 0 aliphatic rings. The Morgan fingerprint density at radius 2 is 1.81 bits per heavy atom. The molecule has 2 aromatic heterocycles. The van der Waals surface area contributed by atoms with Crippen LogP contribution < -0.4 is 4.90 Å². The summed E-state index contributed by atoms with van der Waals surface area (Å²) in [5.41, 5.74) is 3.20. The summed E-state index contributed by atoms with van der Waals surface area (Å²) in [4.78, 5) is 17.6. The molecule has 2 heterocycles. The third kappa shape index (κ3) is 6.07. The molecular formula is C28H31N3O4S. The number of aromatic nitrogens is 2. The van der Waals surface area contributed by atoms with Crippen molar-refractivity contribution in [1.82, 2.24) is 8.96 Å². The molecule has 7 nitrogen and oxygen atoms in total. The van der Waals surface area contributed by atoms with E-state index >= 15 is 0 Å². The van der Waals surface area contributed by atoms with Gasteiger partial charge in [-0.15, -0.1) is 0 Å². The van der Waals surface area contributed by atoms with Crippen molar-refractivity contribution in [3.63, 3.8) is 0 Å². The van der Waals surface area contributed by atoms with Gasteiger partial charge in [0.25, 0.3) is 10.0 Å². The smallest absolute Gasteiger partial charge is 0.331 e. The van der Waals surface area contributed by atoms with Gasteiger partial charge < -0.3 is 14.6 Å². The number of aromatic amines is 1. The normalized spacial score (nSPS) is 12.3. The Kier molecular flexibility index (Phi) is 7.08. The second-order valence-corrected chi connectivity index (χ2v) is 11.5. The van der Waals surface area contributed by atoms with E-state index in [9.17, 15) is 13.2 Å².